The van der Waals surface area contributed by atoms with Gasteiger partial charge in [0.25, 0.3) is 0 Å². The minimum atomic E-state index is 0.723. The summed E-state index contributed by atoms with van der Waals surface area (Å²) in [5, 5.41) is 16.0. The highest BCUT2D eigenvalue weighted by molar-refractivity contribution is 5.36. The number of nitrogens with one attached hydrogen (secondary N) is 1. The minimum absolute atomic E-state index is 0.723. The Morgan fingerprint density at radius 2 is 2.24 bits per heavy atom. The van der Waals surface area contributed by atoms with E-state index in [9.17, 15) is 0 Å². The van der Waals surface area contributed by atoms with Gasteiger partial charge in [0.05, 0.1) is 18.9 Å². The molecule has 1 aliphatic rings. The summed E-state index contributed by atoms with van der Waals surface area (Å²) in [4.78, 5) is 0. The van der Waals surface area contributed by atoms with E-state index in [0.717, 1.165) is 49.9 Å². The van der Waals surface area contributed by atoms with Crippen molar-refractivity contribution in [2.75, 3.05) is 25.1 Å². The van der Waals surface area contributed by atoms with Crippen molar-refractivity contribution in [3.8, 4) is 5.82 Å². The van der Waals surface area contributed by atoms with Crippen LogP contribution in [0.25, 0.3) is 5.82 Å². The van der Waals surface area contributed by atoms with Gasteiger partial charge in [-0.15, -0.1) is 10.2 Å². The van der Waals surface area contributed by atoms with E-state index in [4.69, 9.17) is 4.74 Å². The third kappa shape index (κ3) is 3.66. The summed E-state index contributed by atoms with van der Waals surface area (Å²) >= 11 is 0. The predicted molar refractivity (Wildman–Crippen MR) is 80.5 cm³/mol. The van der Waals surface area contributed by atoms with Gasteiger partial charge in [0, 0.05) is 12.7 Å². The maximum Gasteiger partial charge on any atom is 0.175 e. The first kappa shape index (κ1) is 13.8. The molecule has 1 aliphatic heterocycles. The van der Waals surface area contributed by atoms with Gasteiger partial charge in [-0.3, -0.25) is 0 Å². The van der Waals surface area contributed by atoms with Gasteiger partial charge in [0.15, 0.2) is 5.82 Å². The number of hydrogen-bond acceptors (Lipinski definition) is 5. The third-order valence-corrected chi connectivity index (χ3v) is 3.42. The lowest BCUT2D eigenvalue weighted by Gasteiger charge is -2.13. The van der Waals surface area contributed by atoms with Crippen molar-refractivity contribution in [1.82, 2.24) is 20.0 Å². The molecule has 110 valence electrons. The molecule has 6 nitrogen and oxygen atoms in total. The van der Waals surface area contributed by atoms with Crippen LogP contribution in [0.15, 0.2) is 36.0 Å². The van der Waals surface area contributed by atoms with Crippen molar-refractivity contribution in [3.05, 3.63) is 41.7 Å². The summed E-state index contributed by atoms with van der Waals surface area (Å²) in [6.07, 6.45) is 6.10. The van der Waals surface area contributed by atoms with Crippen LogP contribution in [0.5, 0.6) is 0 Å². The second-order valence-corrected chi connectivity index (χ2v) is 5.04. The summed E-state index contributed by atoms with van der Waals surface area (Å²) in [5.74, 6) is 1.51. The number of ether oxygens (including phenoxy) is 1. The zero-order valence-electron chi connectivity index (χ0n) is 12.1. The van der Waals surface area contributed by atoms with E-state index in [0.29, 0.717) is 0 Å². The van der Waals surface area contributed by atoms with Crippen LogP contribution >= 0.6 is 0 Å². The molecule has 0 unspecified atom stereocenters. The maximum absolute atomic E-state index is 5.29. The smallest absolute Gasteiger partial charge is 0.175 e. The molecule has 0 bridgehead atoms. The highest BCUT2D eigenvalue weighted by Crippen LogP contribution is 2.12. The van der Waals surface area contributed by atoms with Crippen LogP contribution in [-0.2, 0) is 4.74 Å². The number of hydrogen-bond donors (Lipinski definition) is 1. The molecule has 2 aromatic heterocycles. The van der Waals surface area contributed by atoms with Gasteiger partial charge in [0.1, 0.15) is 5.82 Å². The van der Waals surface area contributed by atoms with Gasteiger partial charge in [-0.2, -0.15) is 5.10 Å². The molecule has 0 aliphatic carbocycles. The molecule has 0 radical (unpaired) electrons. The largest absolute Gasteiger partial charge is 0.377 e. The molecule has 3 rings (SSSR count). The van der Waals surface area contributed by atoms with E-state index in [1.54, 1.807) is 4.68 Å². The molecule has 0 amide bonds. The minimum Gasteiger partial charge on any atom is -0.377 e. The van der Waals surface area contributed by atoms with E-state index >= 15 is 0 Å². The molecule has 1 N–H and O–H groups in total. The molecular weight excluding hydrogens is 266 g/mol. The molecule has 0 saturated carbocycles. The third-order valence-electron chi connectivity index (χ3n) is 3.42. The van der Waals surface area contributed by atoms with Gasteiger partial charge in [0.2, 0.25) is 0 Å². The van der Waals surface area contributed by atoms with E-state index in [2.05, 4.69) is 26.7 Å². The molecule has 0 fully saturated rings. The Morgan fingerprint density at radius 3 is 2.90 bits per heavy atom. The predicted octanol–water partition coefficient (Wildman–Crippen LogP) is 2.12. The highest BCUT2D eigenvalue weighted by Gasteiger charge is 2.04. The summed E-state index contributed by atoms with van der Waals surface area (Å²) in [6.45, 7) is 4.39. The van der Waals surface area contributed by atoms with Crippen molar-refractivity contribution in [1.29, 1.82) is 0 Å². The summed E-state index contributed by atoms with van der Waals surface area (Å²) < 4.78 is 7.02. The first-order chi connectivity index (χ1) is 10.3. The number of aryl methyl sites for hydroxylation is 1. The fourth-order valence-corrected chi connectivity index (χ4v) is 2.23. The van der Waals surface area contributed by atoms with Crippen LogP contribution in [0.1, 0.15) is 18.5 Å². The van der Waals surface area contributed by atoms with E-state index in [1.807, 2.05) is 31.3 Å². The average molecular weight is 285 g/mol. The zero-order valence-corrected chi connectivity index (χ0v) is 12.1. The van der Waals surface area contributed by atoms with Crippen LogP contribution in [0.4, 0.5) is 5.82 Å². The van der Waals surface area contributed by atoms with Crippen LogP contribution in [-0.4, -0.2) is 39.7 Å². The number of aromatic nitrogens is 4. The summed E-state index contributed by atoms with van der Waals surface area (Å²) in [6, 6.07) is 5.78. The zero-order chi connectivity index (χ0) is 14.5. The molecule has 3 heterocycles. The highest BCUT2D eigenvalue weighted by atomic mass is 16.5. The summed E-state index contributed by atoms with van der Waals surface area (Å²) in [5.41, 5.74) is 2.41. The standard InChI is InChI=1S/C15H19N5O/c1-12-5-9-20(19-12)15-3-2-14(17-18-15)16-8-4-13-6-10-21-11-7-13/h2-3,5-6,9H,4,7-8,10-11H2,1H3,(H,16,17). The Bertz CT molecular complexity index is 617. The fraction of sp³-hybridized carbons (Fsp3) is 0.400. The fourth-order valence-electron chi connectivity index (χ4n) is 2.23. The topological polar surface area (TPSA) is 64.9 Å². The molecule has 0 atom stereocenters. The van der Waals surface area contributed by atoms with Gasteiger partial charge in [-0.05, 0) is 38.0 Å². The lowest BCUT2D eigenvalue weighted by molar-refractivity contribution is 0.153. The van der Waals surface area contributed by atoms with Gasteiger partial charge in [-0.25, -0.2) is 4.68 Å². The van der Waals surface area contributed by atoms with Crippen LogP contribution in [0.2, 0.25) is 0 Å². The molecule has 0 aromatic carbocycles. The molecule has 2 aromatic rings. The SMILES string of the molecule is Cc1ccn(-c2ccc(NCCC3=CCOCC3)nn2)n1. The Kier molecular flexibility index (Phi) is 4.25. The van der Waals surface area contributed by atoms with E-state index in [1.165, 1.54) is 5.57 Å². The molecule has 0 spiro atoms. The lowest BCUT2D eigenvalue weighted by atomic mass is 10.1. The second-order valence-electron chi connectivity index (χ2n) is 5.04. The Morgan fingerprint density at radius 1 is 1.29 bits per heavy atom. The average Bonchev–Trinajstić information content (AvgIpc) is 2.96. The van der Waals surface area contributed by atoms with Crippen molar-refractivity contribution in [3.63, 3.8) is 0 Å². The monoisotopic (exact) mass is 285 g/mol. The number of nitrogens with zero attached hydrogens (tertiary/aromatic N) is 4. The van der Waals surface area contributed by atoms with Crippen molar-refractivity contribution >= 4 is 5.82 Å². The first-order valence-corrected chi connectivity index (χ1v) is 7.17. The van der Waals surface area contributed by atoms with E-state index in [-0.39, 0.29) is 0 Å². The van der Waals surface area contributed by atoms with Crippen LogP contribution < -0.4 is 5.32 Å². The van der Waals surface area contributed by atoms with Crippen LogP contribution in [0, 0.1) is 6.92 Å². The quantitative estimate of drug-likeness (QED) is 0.852. The Balaban J connectivity index is 1.53. The number of anilines is 1. The Hall–Kier alpha value is -2.21. The lowest BCUT2D eigenvalue weighted by Crippen LogP contribution is -2.10. The van der Waals surface area contributed by atoms with Crippen LogP contribution in [0.3, 0.4) is 0 Å². The maximum atomic E-state index is 5.29. The molecule has 0 saturated heterocycles. The Labute approximate surface area is 123 Å². The van der Waals surface area contributed by atoms with Gasteiger partial charge in [-0.1, -0.05) is 11.6 Å². The van der Waals surface area contributed by atoms with Crippen molar-refractivity contribution < 1.29 is 4.74 Å². The van der Waals surface area contributed by atoms with Crippen molar-refractivity contribution in [2.45, 2.75) is 19.8 Å². The van der Waals surface area contributed by atoms with Gasteiger partial charge >= 0.3 is 0 Å². The van der Waals surface area contributed by atoms with E-state index < -0.39 is 0 Å². The first-order valence-electron chi connectivity index (χ1n) is 7.17. The summed E-state index contributed by atoms with van der Waals surface area (Å²) in [7, 11) is 0. The van der Waals surface area contributed by atoms with Gasteiger partial charge < -0.3 is 10.1 Å². The molecule has 21 heavy (non-hydrogen) atoms. The normalized spacial score (nSPS) is 14.8. The van der Waals surface area contributed by atoms with Crippen molar-refractivity contribution in [2.24, 2.45) is 0 Å². The molecular formula is C15H19N5O. The number of rotatable bonds is 5. The molecule has 6 heteroatoms. The second kappa shape index (κ2) is 6.49.